The molecule has 1 atom stereocenters. The first kappa shape index (κ1) is 14.2. The minimum Gasteiger partial charge on any atom is -0.507 e. The number of phenols is 1. The highest BCUT2D eigenvalue weighted by molar-refractivity contribution is 6.30. The molecule has 0 aromatic heterocycles. The summed E-state index contributed by atoms with van der Waals surface area (Å²) < 4.78 is 0. The summed E-state index contributed by atoms with van der Waals surface area (Å²) in [7, 11) is 0. The molecule has 2 aliphatic rings. The third-order valence-corrected chi connectivity index (χ3v) is 4.22. The molecule has 112 valence electrons. The van der Waals surface area contributed by atoms with Crippen LogP contribution in [0.5, 0.6) is 5.75 Å². The molecule has 0 radical (unpaired) electrons. The Hall–Kier alpha value is -1.75. The Bertz CT molecular complexity index is 586. The van der Waals surface area contributed by atoms with E-state index >= 15 is 0 Å². The largest absolute Gasteiger partial charge is 0.507 e. The Morgan fingerprint density at radius 3 is 2.86 bits per heavy atom. The van der Waals surface area contributed by atoms with Crippen LogP contribution in [-0.4, -0.2) is 41.0 Å². The quantitative estimate of drug-likeness (QED) is 0.891. The molecule has 2 fully saturated rings. The maximum Gasteiger partial charge on any atom is 0.255 e. The van der Waals surface area contributed by atoms with Gasteiger partial charge in [-0.25, -0.2) is 0 Å². The molecule has 0 spiro atoms. The zero-order valence-corrected chi connectivity index (χ0v) is 12.3. The molecule has 0 bridgehead atoms. The molecular weight excluding hydrogens is 292 g/mol. The highest BCUT2D eigenvalue weighted by Crippen LogP contribution is 2.32. The summed E-state index contributed by atoms with van der Waals surface area (Å²) in [6.07, 6.45) is 2.69. The van der Waals surface area contributed by atoms with E-state index in [0.717, 1.165) is 19.4 Å². The molecule has 21 heavy (non-hydrogen) atoms. The molecule has 1 heterocycles. The van der Waals surface area contributed by atoms with E-state index in [-0.39, 0.29) is 29.0 Å². The fourth-order valence-electron chi connectivity index (χ4n) is 2.71. The van der Waals surface area contributed by atoms with Crippen molar-refractivity contribution in [3.8, 4) is 5.75 Å². The third kappa shape index (κ3) is 3.13. The average molecular weight is 309 g/mol. The van der Waals surface area contributed by atoms with Gasteiger partial charge in [0.15, 0.2) is 0 Å². The monoisotopic (exact) mass is 308 g/mol. The Labute approximate surface area is 127 Å². The number of nitrogens with zero attached hydrogens (tertiary/aromatic N) is 1. The standard InChI is InChI=1S/C15H17ClN2O3/c16-10-1-4-12(13(19)6-10)15(21)17-7-9-5-14(20)18(8-9)11-2-3-11/h1,4,6,9,11,19H,2-3,5,7-8H2,(H,17,21). The van der Waals surface area contributed by atoms with Gasteiger partial charge in [0.1, 0.15) is 5.75 Å². The number of aromatic hydroxyl groups is 1. The first-order valence-electron chi connectivity index (χ1n) is 7.11. The van der Waals surface area contributed by atoms with Crippen molar-refractivity contribution in [2.24, 2.45) is 5.92 Å². The van der Waals surface area contributed by atoms with Crippen molar-refractivity contribution in [2.75, 3.05) is 13.1 Å². The van der Waals surface area contributed by atoms with Crippen molar-refractivity contribution in [3.05, 3.63) is 28.8 Å². The third-order valence-electron chi connectivity index (χ3n) is 3.98. The molecule has 2 amide bonds. The number of carbonyl (C=O) groups is 2. The fraction of sp³-hybridized carbons (Fsp3) is 0.467. The van der Waals surface area contributed by atoms with Crippen molar-refractivity contribution < 1.29 is 14.7 Å². The second-order valence-corrected chi connectivity index (χ2v) is 6.16. The van der Waals surface area contributed by atoms with Crippen LogP contribution in [0.25, 0.3) is 0 Å². The van der Waals surface area contributed by atoms with Crippen LogP contribution in [0.1, 0.15) is 29.6 Å². The Morgan fingerprint density at radius 2 is 2.19 bits per heavy atom. The molecule has 6 heteroatoms. The predicted octanol–water partition coefficient (Wildman–Crippen LogP) is 1.79. The maximum absolute atomic E-state index is 12.0. The fourth-order valence-corrected chi connectivity index (χ4v) is 2.88. The number of nitrogens with one attached hydrogen (secondary N) is 1. The molecular formula is C15H17ClN2O3. The van der Waals surface area contributed by atoms with E-state index in [0.29, 0.717) is 24.0 Å². The van der Waals surface area contributed by atoms with Gasteiger partial charge < -0.3 is 15.3 Å². The molecule has 2 N–H and O–H groups in total. The van der Waals surface area contributed by atoms with E-state index in [1.54, 1.807) is 6.07 Å². The molecule has 5 nitrogen and oxygen atoms in total. The van der Waals surface area contributed by atoms with Gasteiger partial charge in [-0.15, -0.1) is 0 Å². The smallest absolute Gasteiger partial charge is 0.255 e. The normalized spacial score (nSPS) is 21.7. The Kier molecular flexibility index (Phi) is 3.76. The predicted molar refractivity (Wildman–Crippen MR) is 78.3 cm³/mol. The van der Waals surface area contributed by atoms with E-state index in [1.165, 1.54) is 12.1 Å². The van der Waals surface area contributed by atoms with E-state index < -0.39 is 0 Å². The molecule has 1 aromatic carbocycles. The van der Waals surface area contributed by atoms with Crippen LogP contribution >= 0.6 is 11.6 Å². The second-order valence-electron chi connectivity index (χ2n) is 5.72. The van der Waals surface area contributed by atoms with Crippen LogP contribution in [0.4, 0.5) is 0 Å². The first-order chi connectivity index (χ1) is 10.0. The molecule has 3 rings (SSSR count). The van der Waals surface area contributed by atoms with Gasteiger partial charge in [0, 0.05) is 36.5 Å². The van der Waals surface area contributed by atoms with Crippen molar-refractivity contribution >= 4 is 23.4 Å². The number of hydrogen-bond acceptors (Lipinski definition) is 3. The van der Waals surface area contributed by atoms with Gasteiger partial charge in [-0.3, -0.25) is 9.59 Å². The minimum atomic E-state index is -0.346. The lowest BCUT2D eigenvalue weighted by atomic mass is 10.1. The summed E-state index contributed by atoms with van der Waals surface area (Å²) in [6, 6.07) is 4.82. The van der Waals surface area contributed by atoms with Crippen LogP contribution in [0.15, 0.2) is 18.2 Å². The van der Waals surface area contributed by atoms with Crippen molar-refractivity contribution in [3.63, 3.8) is 0 Å². The van der Waals surface area contributed by atoms with E-state index in [2.05, 4.69) is 5.32 Å². The first-order valence-corrected chi connectivity index (χ1v) is 7.48. The van der Waals surface area contributed by atoms with E-state index in [1.807, 2.05) is 4.90 Å². The minimum absolute atomic E-state index is 0.137. The summed E-state index contributed by atoms with van der Waals surface area (Å²) in [5.74, 6) is -0.147. The summed E-state index contributed by atoms with van der Waals surface area (Å²) >= 11 is 5.74. The zero-order chi connectivity index (χ0) is 15.0. The van der Waals surface area contributed by atoms with E-state index in [4.69, 9.17) is 11.6 Å². The Balaban J connectivity index is 1.55. The lowest BCUT2D eigenvalue weighted by Crippen LogP contribution is -2.32. The SMILES string of the molecule is O=C(NCC1CC(=O)N(C2CC2)C1)c1ccc(Cl)cc1O. The van der Waals surface area contributed by atoms with Crippen molar-refractivity contribution in [2.45, 2.75) is 25.3 Å². The summed E-state index contributed by atoms with van der Waals surface area (Å²) in [6.45, 7) is 1.16. The average Bonchev–Trinajstić information content (AvgIpc) is 3.20. The Morgan fingerprint density at radius 1 is 1.43 bits per heavy atom. The molecule has 1 aliphatic carbocycles. The van der Waals surface area contributed by atoms with Gasteiger partial charge in [0.2, 0.25) is 5.91 Å². The lowest BCUT2D eigenvalue weighted by Gasteiger charge is -2.15. The highest BCUT2D eigenvalue weighted by atomic mass is 35.5. The maximum atomic E-state index is 12.0. The molecule has 1 aromatic rings. The van der Waals surface area contributed by atoms with Crippen molar-refractivity contribution in [1.29, 1.82) is 0 Å². The van der Waals surface area contributed by atoms with Crippen LogP contribution < -0.4 is 5.32 Å². The van der Waals surface area contributed by atoms with Crippen LogP contribution in [0.3, 0.4) is 0 Å². The van der Waals surface area contributed by atoms with Gasteiger partial charge in [-0.05, 0) is 31.0 Å². The number of benzene rings is 1. The van der Waals surface area contributed by atoms with Crippen LogP contribution in [0, 0.1) is 5.92 Å². The number of hydrogen-bond donors (Lipinski definition) is 2. The van der Waals surface area contributed by atoms with Gasteiger partial charge in [-0.2, -0.15) is 0 Å². The molecule has 1 unspecified atom stereocenters. The van der Waals surface area contributed by atoms with Crippen LogP contribution in [-0.2, 0) is 4.79 Å². The lowest BCUT2D eigenvalue weighted by molar-refractivity contribution is -0.128. The highest BCUT2D eigenvalue weighted by Gasteiger charge is 2.39. The number of carbonyl (C=O) groups excluding carboxylic acids is 2. The topological polar surface area (TPSA) is 69.6 Å². The van der Waals surface area contributed by atoms with Gasteiger partial charge >= 0.3 is 0 Å². The number of phenolic OH excluding ortho intramolecular Hbond substituents is 1. The molecule has 1 aliphatic heterocycles. The molecule has 1 saturated heterocycles. The number of amides is 2. The number of likely N-dealkylation sites (tertiary alicyclic amines) is 1. The number of rotatable bonds is 4. The zero-order valence-electron chi connectivity index (χ0n) is 11.5. The van der Waals surface area contributed by atoms with Gasteiger partial charge in [0.25, 0.3) is 5.91 Å². The molecule has 1 saturated carbocycles. The summed E-state index contributed by atoms with van der Waals surface area (Å²) in [5.41, 5.74) is 0.197. The summed E-state index contributed by atoms with van der Waals surface area (Å²) in [5, 5.41) is 12.9. The van der Waals surface area contributed by atoms with Crippen LogP contribution in [0.2, 0.25) is 5.02 Å². The van der Waals surface area contributed by atoms with Crippen molar-refractivity contribution in [1.82, 2.24) is 10.2 Å². The van der Waals surface area contributed by atoms with E-state index in [9.17, 15) is 14.7 Å². The number of halogens is 1. The van der Waals surface area contributed by atoms with Gasteiger partial charge in [-0.1, -0.05) is 11.6 Å². The second kappa shape index (κ2) is 5.56. The summed E-state index contributed by atoms with van der Waals surface area (Å²) in [4.78, 5) is 25.8. The van der Waals surface area contributed by atoms with Gasteiger partial charge in [0.05, 0.1) is 5.56 Å².